The molecule has 10 aromatic rings. The van der Waals surface area contributed by atoms with Crippen molar-refractivity contribution < 1.29 is 8.83 Å². The number of rotatable bonds is 2. The molecule has 0 aliphatic heterocycles. The van der Waals surface area contributed by atoms with Crippen LogP contribution in [0, 0.1) is 0 Å². The molecule has 0 aliphatic rings. The molecule has 0 aliphatic carbocycles. The second kappa shape index (κ2) is 8.57. The average molecular weight is 567 g/mol. The van der Waals surface area contributed by atoms with Crippen molar-refractivity contribution in [3.05, 3.63) is 134 Å². The number of thiophene rings is 1. The number of para-hydroxylation sites is 1. The molecule has 0 radical (unpaired) electrons. The van der Waals surface area contributed by atoms with Gasteiger partial charge in [-0.25, -0.2) is 0 Å². The van der Waals surface area contributed by atoms with E-state index in [2.05, 4.69) is 115 Å². The zero-order chi connectivity index (χ0) is 28.1. The van der Waals surface area contributed by atoms with Crippen molar-refractivity contribution in [2.24, 2.45) is 0 Å². The zero-order valence-electron chi connectivity index (χ0n) is 22.9. The van der Waals surface area contributed by atoms with E-state index in [0.29, 0.717) is 0 Å². The summed E-state index contributed by atoms with van der Waals surface area (Å²) in [4.78, 5) is 0. The van der Waals surface area contributed by atoms with E-state index in [1.165, 1.54) is 58.4 Å². The van der Waals surface area contributed by atoms with E-state index in [1.54, 1.807) is 6.26 Å². The van der Waals surface area contributed by atoms with E-state index in [-0.39, 0.29) is 0 Å². The lowest BCUT2D eigenvalue weighted by Gasteiger charge is -2.19. The first-order valence-corrected chi connectivity index (χ1v) is 15.3. The molecule has 200 valence electrons. The van der Waals surface area contributed by atoms with Crippen LogP contribution in [-0.2, 0) is 0 Å². The molecule has 0 unspecified atom stereocenters. The number of benzene rings is 7. The molecule has 0 saturated carbocycles. The average Bonchev–Trinajstić information content (AvgIpc) is 3.78. The summed E-state index contributed by atoms with van der Waals surface area (Å²) in [5.41, 5.74) is 7.45. The van der Waals surface area contributed by atoms with Crippen LogP contribution in [0.1, 0.15) is 0 Å². The topological polar surface area (TPSA) is 26.3 Å². The van der Waals surface area contributed by atoms with Crippen LogP contribution in [0.3, 0.4) is 0 Å². The summed E-state index contributed by atoms with van der Waals surface area (Å²) in [6.07, 6.45) is 1.76. The van der Waals surface area contributed by atoms with Gasteiger partial charge in [0.15, 0.2) is 0 Å². The zero-order valence-corrected chi connectivity index (χ0v) is 23.7. The van der Waals surface area contributed by atoms with E-state index in [4.69, 9.17) is 8.83 Å². The largest absolute Gasteiger partial charge is 0.464 e. The monoisotopic (exact) mass is 566 g/mol. The Bertz CT molecular complexity index is 2680. The summed E-state index contributed by atoms with van der Waals surface area (Å²) in [6.45, 7) is 0. The Morgan fingerprint density at radius 2 is 1.02 bits per heavy atom. The van der Waals surface area contributed by atoms with E-state index in [9.17, 15) is 0 Å². The molecule has 3 heteroatoms. The Labute approximate surface area is 250 Å². The van der Waals surface area contributed by atoms with Crippen molar-refractivity contribution in [1.82, 2.24) is 0 Å². The summed E-state index contributed by atoms with van der Waals surface area (Å²) in [5, 5.41) is 10.8. The molecular formula is C40H22O2S. The highest BCUT2D eigenvalue weighted by molar-refractivity contribution is 7.25. The molecule has 0 saturated heterocycles. The van der Waals surface area contributed by atoms with E-state index < -0.39 is 0 Å². The van der Waals surface area contributed by atoms with Gasteiger partial charge in [-0.3, -0.25) is 0 Å². The third kappa shape index (κ3) is 3.12. The van der Waals surface area contributed by atoms with Crippen LogP contribution < -0.4 is 0 Å². The van der Waals surface area contributed by atoms with Crippen molar-refractivity contribution in [1.29, 1.82) is 0 Å². The molecular weight excluding hydrogens is 545 g/mol. The standard InChI is InChI=1S/C40H22O2S/c1-3-12-25-23(10-1)36(30-16-9-19-35-38(30)29-15-6-8-18-34(29)43-35)24-11-2-4-13-26(24)37(25)31-22-33-28(20-21-41-33)40-39(31)27-14-5-7-17-32(27)42-40/h1-22H. The van der Waals surface area contributed by atoms with Gasteiger partial charge in [0, 0.05) is 30.9 Å². The van der Waals surface area contributed by atoms with E-state index >= 15 is 0 Å². The van der Waals surface area contributed by atoms with Gasteiger partial charge in [0.2, 0.25) is 0 Å². The van der Waals surface area contributed by atoms with Gasteiger partial charge in [-0.05, 0) is 74.1 Å². The van der Waals surface area contributed by atoms with Crippen molar-refractivity contribution in [3.8, 4) is 22.3 Å². The number of fused-ring (bicyclic) bond motifs is 10. The van der Waals surface area contributed by atoms with E-state index in [0.717, 1.165) is 38.5 Å². The normalized spacial score (nSPS) is 12.2. The van der Waals surface area contributed by atoms with Crippen LogP contribution in [0.15, 0.2) is 142 Å². The molecule has 7 aromatic carbocycles. The third-order valence-electron chi connectivity index (χ3n) is 8.95. The van der Waals surface area contributed by atoms with Gasteiger partial charge in [0.05, 0.1) is 11.6 Å². The predicted octanol–water partition coefficient (Wildman–Crippen LogP) is 12.3. The van der Waals surface area contributed by atoms with Gasteiger partial charge < -0.3 is 8.83 Å². The van der Waals surface area contributed by atoms with Crippen molar-refractivity contribution >= 4 is 86.0 Å². The summed E-state index contributed by atoms with van der Waals surface area (Å²) >= 11 is 1.87. The third-order valence-corrected chi connectivity index (χ3v) is 10.1. The minimum absolute atomic E-state index is 0.827. The molecule has 3 aromatic heterocycles. The Balaban J connectivity index is 1.43. The highest BCUT2D eigenvalue weighted by Gasteiger charge is 2.23. The number of furan rings is 2. The fraction of sp³-hybridized carbons (Fsp3) is 0. The van der Waals surface area contributed by atoms with Crippen LogP contribution in [-0.4, -0.2) is 0 Å². The van der Waals surface area contributed by atoms with Gasteiger partial charge >= 0.3 is 0 Å². The Kier molecular flexibility index (Phi) is 4.63. The molecule has 0 fully saturated rings. The smallest absolute Gasteiger partial charge is 0.147 e. The van der Waals surface area contributed by atoms with Crippen LogP contribution >= 0.6 is 11.3 Å². The predicted molar refractivity (Wildman–Crippen MR) is 182 cm³/mol. The summed E-state index contributed by atoms with van der Waals surface area (Å²) in [6, 6.07) is 45.8. The van der Waals surface area contributed by atoms with Crippen molar-refractivity contribution in [2.45, 2.75) is 0 Å². The highest BCUT2D eigenvalue weighted by Crippen LogP contribution is 2.50. The molecule has 3 heterocycles. The molecule has 0 amide bonds. The Hall–Kier alpha value is -5.38. The number of hydrogen-bond donors (Lipinski definition) is 0. The van der Waals surface area contributed by atoms with Crippen LogP contribution in [0.25, 0.3) is 96.9 Å². The first-order valence-electron chi connectivity index (χ1n) is 14.5. The molecule has 0 N–H and O–H groups in total. The second-order valence-corrected chi connectivity index (χ2v) is 12.3. The molecule has 0 bridgehead atoms. The van der Waals surface area contributed by atoms with Gasteiger partial charge in [0.1, 0.15) is 16.7 Å². The summed E-state index contributed by atoms with van der Waals surface area (Å²) < 4.78 is 15.2. The van der Waals surface area contributed by atoms with Crippen LogP contribution in [0.2, 0.25) is 0 Å². The van der Waals surface area contributed by atoms with Crippen LogP contribution in [0.4, 0.5) is 0 Å². The van der Waals surface area contributed by atoms with Gasteiger partial charge in [-0.1, -0.05) is 97.1 Å². The SMILES string of the molecule is c1ccc2c(c1)oc1c3ccoc3cc(-c3c4ccccc4c(-c4cccc5sc6ccccc6c45)c4ccccc34)c21. The van der Waals surface area contributed by atoms with Gasteiger partial charge in [0.25, 0.3) is 0 Å². The maximum absolute atomic E-state index is 6.52. The minimum Gasteiger partial charge on any atom is -0.464 e. The minimum atomic E-state index is 0.827. The lowest BCUT2D eigenvalue weighted by Crippen LogP contribution is -1.92. The molecule has 2 nitrogen and oxygen atoms in total. The van der Waals surface area contributed by atoms with E-state index in [1.807, 2.05) is 23.5 Å². The quantitative estimate of drug-likeness (QED) is 0.195. The van der Waals surface area contributed by atoms with Gasteiger partial charge in [-0.2, -0.15) is 0 Å². The highest BCUT2D eigenvalue weighted by atomic mass is 32.1. The van der Waals surface area contributed by atoms with Crippen LogP contribution in [0.5, 0.6) is 0 Å². The maximum atomic E-state index is 6.52. The molecule has 10 rings (SSSR count). The fourth-order valence-corrected chi connectivity index (χ4v) is 8.35. The summed E-state index contributed by atoms with van der Waals surface area (Å²) in [7, 11) is 0. The van der Waals surface area contributed by atoms with Crippen molar-refractivity contribution in [3.63, 3.8) is 0 Å². The number of hydrogen-bond acceptors (Lipinski definition) is 3. The molecule has 0 spiro atoms. The second-order valence-electron chi connectivity index (χ2n) is 11.2. The lowest BCUT2D eigenvalue weighted by molar-refractivity contribution is 0.615. The molecule has 0 atom stereocenters. The fourth-order valence-electron chi connectivity index (χ4n) is 7.22. The summed E-state index contributed by atoms with van der Waals surface area (Å²) in [5.74, 6) is 0. The first kappa shape index (κ1) is 23.2. The van der Waals surface area contributed by atoms with Crippen molar-refractivity contribution in [2.75, 3.05) is 0 Å². The maximum Gasteiger partial charge on any atom is 0.147 e. The Morgan fingerprint density at radius 3 is 1.77 bits per heavy atom. The Morgan fingerprint density at radius 1 is 0.419 bits per heavy atom. The lowest BCUT2D eigenvalue weighted by atomic mass is 9.84. The van der Waals surface area contributed by atoms with Gasteiger partial charge in [-0.15, -0.1) is 11.3 Å². The molecule has 43 heavy (non-hydrogen) atoms. The first-order chi connectivity index (χ1) is 21.3.